The molecule has 0 aromatic heterocycles. The van der Waals surface area contributed by atoms with Crippen LogP contribution in [0.25, 0.3) is 0 Å². The Balaban J connectivity index is 2.72. The zero-order valence-electron chi connectivity index (χ0n) is 10.9. The number of nitrogens with zero attached hydrogens (tertiary/aromatic N) is 2. The Morgan fingerprint density at radius 2 is 2.19 bits per heavy atom. The summed E-state index contributed by atoms with van der Waals surface area (Å²) in [6, 6.07) is 0.305. The summed E-state index contributed by atoms with van der Waals surface area (Å²) in [7, 11) is 3.62. The van der Waals surface area contributed by atoms with Gasteiger partial charge in [-0.3, -0.25) is 9.69 Å². The Morgan fingerprint density at radius 1 is 1.56 bits per heavy atom. The Labute approximate surface area is 98.8 Å². The molecule has 1 aliphatic heterocycles. The molecule has 0 aromatic rings. The number of hydrogen-bond acceptors (Lipinski definition) is 3. The molecule has 0 bridgehead atoms. The summed E-state index contributed by atoms with van der Waals surface area (Å²) in [5, 5.41) is 0. The number of carbonyl (C=O) groups is 1. The van der Waals surface area contributed by atoms with Crippen molar-refractivity contribution in [3.05, 3.63) is 0 Å². The van der Waals surface area contributed by atoms with Crippen LogP contribution in [0.4, 0.5) is 0 Å². The highest BCUT2D eigenvalue weighted by Crippen LogP contribution is 2.24. The molecule has 1 aliphatic rings. The molecule has 0 saturated carbocycles. The minimum absolute atomic E-state index is 0.0497. The summed E-state index contributed by atoms with van der Waals surface area (Å²) >= 11 is 0. The van der Waals surface area contributed by atoms with Crippen LogP contribution in [0, 0.1) is 5.92 Å². The van der Waals surface area contributed by atoms with Gasteiger partial charge in [-0.25, -0.2) is 0 Å². The lowest BCUT2D eigenvalue weighted by Crippen LogP contribution is -2.56. The van der Waals surface area contributed by atoms with Crippen molar-refractivity contribution in [1.29, 1.82) is 0 Å². The van der Waals surface area contributed by atoms with E-state index in [1.807, 2.05) is 21.0 Å². The van der Waals surface area contributed by atoms with Gasteiger partial charge < -0.3 is 10.6 Å². The van der Waals surface area contributed by atoms with Crippen molar-refractivity contribution in [3.8, 4) is 0 Å². The largest absolute Gasteiger partial charge is 0.347 e. The van der Waals surface area contributed by atoms with Crippen LogP contribution in [0.1, 0.15) is 26.7 Å². The third-order valence-corrected chi connectivity index (χ3v) is 3.70. The van der Waals surface area contributed by atoms with E-state index in [0.717, 1.165) is 6.54 Å². The molecule has 1 saturated heterocycles. The Kier molecular flexibility index (Phi) is 4.74. The van der Waals surface area contributed by atoms with Gasteiger partial charge in [0.25, 0.3) is 0 Å². The quantitative estimate of drug-likeness (QED) is 0.765. The smallest absolute Gasteiger partial charge is 0.239 e. The van der Waals surface area contributed by atoms with Crippen molar-refractivity contribution < 1.29 is 4.79 Å². The molecule has 0 aliphatic carbocycles. The molecule has 4 heteroatoms. The van der Waals surface area contributed by atoms with Crippen molar-refractivity contribution >= 4 is 5.91 Å². The highest BCUT2D eigenvalue weighted by molar-refractivity contribution is 5.81. The van der Waals surface area contributed by atoms with Gasteiger partial charge in [-0.2, -0.15) is 0 Å². The molecule has 0 spiro atoms. The highest BCUT2D eigenvalue weighted by atomic mass is 16.2. The first-order chi connectivity index (χ1) is 7.49. The lowest BCUT2D eigenvalue weighted by atomic mass is 9.89. The van der Waals surface area contributed by atoms with Crippen LogP contribution in [0.2, 0.25) is 0 Å². The lowest BCUT2D eigenvalue weighted by Gasteiger charge is -2.42. The van der Waals surface area contributed by atoms with Crippen LogP contribution in [0.3, 0.4) is 0 Å². The van der Waals surface area contributed by atoms with E-state index in [4.69, 9.17) is 5.73 Å². The summed E-state index contributed by atoms with van der Waals surface area (Å²) in [6.45, 7) is 5.86. The molecule has 3 unspecified atom stereocenters. The van der Waals surface area contributed by atoms with Crippen LogP contribution < -0.4 is 5.73 Å². The number of likely N-dealkylation sites (N-methyl/N-ethyl adjacent to an activating group) is 1. The van der Waals surface area contributed by atoms with Gasteiger partial charge >= 0.3 is 0 Å². The zero-order valence-corrected chi connectivity index (χ0v) is 10.9. The second-order valence-corrected chi connectivity index (χ2v) is 5.07. The normalized spacial score (nSPS) is 28.8. The third-order valence-electron chi connectivity index (χ3n) is 3.70. The maximum Gasteiger partial charge on any atom is 0.239 e. The topological polar surface area (TPSA) is 49.6 Å². The van der Waals surface area contributed by atoms with Gasteiger partial charge in [0.05, 0.1) is 6.04 Å². The maximum absolute atomic E-state index is 12.0. The average molecular weight is 227 g/mol. The third kappa shape index (κ3) is 2.74. The van der Waals surface area contributed by atoms with E-state index in [-0.39, 0.29) is 11.9 Å². The molecule has 3 atom stereocenters. The Hall–Kier alpha value is -0.610. The van der Waals surface area contributed by atoms with Crippen molar-refractivity contribution in [3.63, 3.8) is 0 Å². The molecule has 2 N–H and O–H groups in total. The maximum atomic E-state index is 12.0. The number of rotatable bonds is 3. The van der Waals surface area contributed by atoms with Gasteiger partial charge in [-0.05, 0) is 32.2 Å². The summed E-state index contributed by atoms with van der Waals surface area (Å²) in [6.07, 6.45) is 2.39. The monoisotopic (exact) mass is 227 g/mol. The van der Waals surface area contributed by atoms with E-state index in [2.05, 4.69) is 11.8 Å². The number of amides is 1. The summed E-state index contributed by atoms with van der Waals surface area (Å²) in [5.74, 6) is 0.767. The first kappa shape index (κ1) is 13.5. The van der Waals surface area contributed by atoms with Crippen molar-refractivity contribution in [1.82, 2.24) is 9.80 Å². The van der Waals surface area contributed by atoms with Crippen molar-refractivity contribution in [2.45, 2.75) is 38.8 Å². The van der Waals surface area contributed by atoms with Crippen molar-refractivity contribution in [2.24, 2.45) is 11.7 Å². The number of likely N-dealkylation sites (tertiary alicyclic amines) is 1. The van der Waals surface area contributed by atoms with E-state index >= 15 is 0 Å². The highest BCUT2D eigenvalue weighted by Gasteiger charge is 2.33. The van der Waals surface area contributed by atoms with E-state index in [0.29, 0.717) is 18.5 Å². The number of nitrogens with two attached hydrogens (primary N) is 1. The molecule has 1 heterocycles. The minimum atomic E-state index is -0.0497. The second kappa shape index (κ2) is 5.64. The molecule has 16 heavy (non-hydrogen) atoms. The summed E-state index contributed by atoms with van der Waals surface area (Å²) < 4.78 is 0. The molecule has 0 radical (unpaired) electrons. The van der Waals surface area contributed by atoms with E-state index in [9.17, 15) is 4.79 Å². The van der Waals surface area contributed by atoms with Gasteiger partial charge in [0.15, 0.2) is 0 Å². The fourth-order valence-electron chi connectivity index (χ4n) is 2.65. The van der Waals surface area contributed by atoms with Gasteiger partial charge in [-0.15, -0.1) is 0 Å². The van der Waals surface area contributed by atoms with Crippen LogP contribution in [0.5, 0.6) is 0 Å². The predicted molar refractivity (Wildman–Crippen MR) is 66.1 cm³/mol. The van der Waals surface area contributed by atoms with Crippen LogP contribution in [0.15, 0.2) is 0 Å². The first-order valence-corrected chi connectivity index (χ1v) is 6.16. The van der Waals surface area contributed by atoms with Gasteiger partial charge in [-0.1, -0.05) is 6.92 Å². The van der Waals surface area contributed by atoms with Gasteiger partial charge in [0.1, 0.15) is 0 Å². The number of carbonyl (C=O) groups excluding carboxylic acids is 1. The first-order valence-electron chi connectivity index (χ1n) is 6.16. The van der Waals surface area contributed by atoms with Gasteiger partial charge in [0.2, 0.25) is 5.91 Å². The van der Waals surface area contributed by atoms with E-state index < -0.39 is 0 Å². The van der Waals surface area contributed by atoms with Crippen LogP contribution >= 0.6 is 0 Å². The second-order valence-electron chi connectivity index (χ2n) is 5.07. The standard InChI is InChI=1S/C12H25N3O/c1-9-6-5-7-15(11(9)8-13)10(2)12(16)14(3)4/h9-11H,5-8,13H2,1-4H3. The summed E-state index contributed by atoms with van der Waals surface area (Å²) in [5.41, 5.74) is 5.83. The van der Waals surface area contributed by atoms with E-state index in [1.165, 1.54) is 12.8 Å². The molecule has 94 valence electrons. The molecule has 1 rings (SSSR count). The Bertz CT molecular complexity index is 242. The van der Waals surface area contributed by atoms with Crippen molar-refractivity contribution in [2.75, 3.05) is 27.2 Å². The number of hydrogen-bond donors (Lipinski definition) is 1. The Morgan fingerprint density at radius 3 is 2.69 bits per heavy atom. The molecule has 1 amide bonds. The molecule has 1 fully saturated rings. The van der Waals surface area contributed by atoms with Crippen LogP contribution in [-0.2, 0) is 4.79 Å². The zero-order chi connectivity index (χ0) is 12.3. The molecule has 4 nitrogen and oxygen atoms in total. The fourth-order valence-corrected chi connectivity index (χ4v) is 2.65. The van der Waals surface area contributed by atoms with Crippen LogP contribution in [-0.4, -0.2) is 55.0 Å². The number of piperidine rings is 1. The minimum Gasteiger partial charge on any atom is -0.347 e. The fraction of sp³-hybridized carbons (Fsp3) is 0.917. The predicted octanol–water partition coefficient (Wildman–Crippen LogP) is 0.522. The molecular formula is C12H25N3O. The van der Waals surface area contributed by atoms with E-state index in [1.54, 1.807) is 4.90 Å². The average Bonchev–Trinajstić information content (AvgIpc) is 2.26. The summed E-state index contributed by atoms with van der Waals surface area (Å²) in [4.78, 5) is 15.9. The molecular weight excluding hydrogens is 202 g/mol. The SMILES string of the molecule is CC1CCCN(C(C)C(=O)N(C)C)C1CN. The molecule has 0 aromatic carbocycles. The van der Waals surface area contributed by atoms with Gasteiger partial charge in [0, 0.05) is 26.7 Å². The lowest BCUT2D eigenvalue weighted by molar-refractivity contribution is -0.135.